The zero-order valence-electron chi connectivity index (χ0n) is 16.2. The summed E-state index contributed by atoms with van der Waals surface area (Å²) in [5, 5.41) is 11.4. The number of non-ortho nitro benzene ring substituents is 1. The Labute approximate surface area is 182 Å². The van der Waals surface area contributed by atoms with Crippen LogP contribution in [0.5, 0.6) is 11.5 Å². The predicted molar refractivity (Wildman–Crippen MR) is 120 cm³/mol. The van der Waals surface area contributed by atoms with E-state index >= 15 is 0 Å². The third-order valence-electron chi connectivity index (χ3n) is 5.04. The van der Waals surface area contributed by atoms with Crippen molar-refractivity contribution in [2.45, 2.75) is 21.0 Å². The number of nitro benzene ring substituents is 1. The SMILES string of the molecule is COc1cc([N+](=O)[O-])cc2c1OC1(Sc3ccc(C)cc3S1)C(c1ccccc1)=C2. The van der Waals surface area contributed by atoms with Crippen LogP contribution >= 0.6 is 23.5 Å². The Morgan fingerprint density at radius 2 is 1.80 bits per heavy atom. The fourth-order valence-corrected chi connectivity index (χ4v) is 6.70. The maximum atomic E-state index is 11.4. The van der Waals surface area contributed by atoms with Crippen LogP contribution in [-0.2, 0) is 0 Å². The van der Waals surface area contributed by atoms with Crippen LogP contribution in [0.25, 0.3) is 11.6 Å². The molecule has 5 nitrogen and oxygen atoms in total. The van der Waals surface area contributed by atoms with Gasteiger partial charge in [0, 0.05) is 27.0 Å². The molecular weight excluding hydrogens is 418 g/mol. The second kappa shape index (κ2) is 7.11. The van der Waals surface area contributed by atoms with E-state index < -0.39 is 9.19 Å². The lowest BCUT2D eigenvalue weighted by atomic mass is 9.99. The van der Waals surface area contributed by atoms with Crippen molar-refractivity contribution >= 4 is 40.9 Å². The summed E-state index contributed by atoms with van der Waals surface area (Å²) in [4.78, 5) is 13.3. The Morgan fingerprint density at radius 1 is 1.03 bits per heavy atom. The predicted octanol–water partition coefficient (Wildman–Crippen LogP) is 6.40. The van der Waals surface area contributed by atoms with Gasteiger partial charge in [-0.1, -0.05) is 59.9 Å². The van der Waals surface area contributed by atoms with E-state index in [0.717, 1.165) is 20.9 Å². The summed E-state index contributed by atoms with van der Waals surface area (Å²) >= 11 is 3.30. The molecule has 0 aromatic heterocycles. The van der Waals surface area contributed by atoms with E-state index in [4.69, 9.17) is 9.47 Å². The van der Waals surface area contributed by atoms with Crippen LogP contribution in [0.1, 0.15) is 16.7 Å². The van der Waals surface area contributed by atoms with Gasteiger partial charge in [-0.3, -0.25) is 10.1 Å². The standard InChI is InChI=1S/C23H17NO4S2/c1-14-8-9-20-21(10-14)30-23(29-20)18(15-6-4-3-5-7-15)12-16-11-17(24(25)26)13-19(27-2)22(16)28-23/h3-13H,1-2H3. The van der Waals surface area contributed by atoms with E-state index in [9.17, 15) is 10.1 Å². The number of rotatable bonds is 3. The number of nitrogens with zero attached hydrogens (tertiary/aromatic N) is 1. The third-order valence-corrected chi connectivity index (χ3v) is 7.94. The van der Waals surface area contributed by atoms with E-state index in [-0.39, 0.29) is 5.69 Å². The van der Waals surface area contributed by atoms with Gasteiger partial charge in [-0.05, 0) is 36.3 Å². The van der Waals surface area contributed by atoms with E-state index in [1.54, 1.807) is 23.5 Å². The topological polar surface area (TPSA) is 61.6 Å². The molecule has 0 amide bonds. The van der Waals surface area contributed by atoms with Crippen LogP contribution in [0.2, 0.25) is 0 Å². The molecule has 2 heterocycles. The zero-order valence-corrected chi connectivity index (χ0v) is 17.9. The van der Waals surface area contributed by atoms with Gasteiger partial charge in [-0.25, -0.2) is 0 Å². The quantitative estimate of drug-likeness (QED) is 0.351. The van der Waals surface area contributed by atoms with Crippen LogP contribution < -0.4 is 9.47 Å². The minimum atomic E-state index is -0.742. The maximum absolute atomic E-state index is 11.4. The van der Waals surface area contributed by atoms with Crippen molar-refractivity contribution in [2.75, 3.05) is 7.11 Å². The molecule has 1 spiro atoms. The van der Waals surface area contributed by atoms with Crippen molar-refractivity contribution in [1.82, 2.24) is 0 Å². The maximum Gasteiger partial charge on any atom is 0.274 e. The first kappa shape index (κ1) is 19.1. The van der Waals surface area contributed by atoms with E-state index in [1.807, 2.05) is 36.4 Å². The number of nitro groups is 1. The largest absolute Gasteiger partial charge is 0.493 e. The number of ether oxygens (including phenoxy) is 2. The summed E-state index contributed by atoms with van der Waals surface area (Å²) in [7, 11) is 1.50. The molecule has 2 aliphatic heterocycles. The number of hydrogen-bond acceptors (Lipinski definition) is 6. The first-order chi connectivity index (χ1) is 14.5. The smallest absolute Gasteiger partial charge is 0.274 e. The molecule has 0 fully saturated rings. The van der Waals surface area contributed by atoms with Crippen LogP contribution in [0, 0.1) is 17.0 Å². The Balaban J connectivity index is 1.72. The lowest BCUT2D eigenvalue weighted by molar-refractivity contribution is -0.385. The van der Waals surface area contributed by atoms with Crippen LogP contribution in [0.15, 0.2) is 70.5 Å². The van der Waals surface area contributed by atoms with Gasteiger partial charge in [0.1, 0.15) is 0 Å². The number of aryl methyl sites for hydroxylation is 1. The second-order valence-corrected chi connectivity index (χ2v) is 9.76. The fraction of sp³-hybridized carbons (Fsp3) is 0.130. The monoisotopic (exact) mass is 435 g/mol. The Bertz CT molecular complexity index is 1210. The highest BCUT2D eigenvalue weighted by Crippen LogP contribution is 2.64. The average molecular weight is 436 g/mol. The van der Waals surface area contributed by atoms with Gasteiger partial charge < -0.3 is 9.47 Å². The molecule has 0 N–H and O–H groups in total. The molecule has 0 saturated heterocycles. The molecule has 3 aromatic carbocycles. The number of hydrogen-bond donors (Lipinski definition) is 0. The molecule has 7 heteroatoms. The van der Waals surface area contributed by atoms with Crippen molar-refractivity contribution in [3.8, 4) is 11.5 Å². The van der Waals surface area contributed by atoms with Crippen LogP contribution in [0.3, 0.4) is 0 Å². The molecule has 30 heavy (non-hydrogen) atoms. The summed E-state index contributed by atoms with van der Waals surface area (Å²) in [5.74, 6) is 0.877. The highest BCUT2D eigenvalue weighted by Gasteiger charge is 2.48. The van der Waals surface area contributed by atoms with Gasteiger partial charge in [-0.2, -0.15) is 0 Å². The van der Waals surface area contributed by atoms with Gasteiger partial charge in [0.25, 0.3) is 5.69 Å². The Morgan fingerprint density at radius 3 is 2.53 bits per heavy atom. The zero-order chi connectivity index (χ0) is 20.9. The summed E-state index contributed by atoms with van der Waals surface area (Å²) in [6, 6.07) is 19.3. The molecule has 0 radical (unpaired) electrons. The number of thioether (sulfide) groups is 2. The summed E-state index contributed by atoms with van der Waals surface area (Å²) in [6.45, 7) is 2.07. The third kappa shape index (κ3) is 3.05. The number of fused-ring (bicyclic) bond motifs is 2. The van der Waals surface area contributed by atoms with E-state index in [2.05, 4.69) is 25.1 Å². The summed E-state index contributed by atoms with van der Waals surface area (Å²) < 4.78 is 11.4. The first-order valence-electron chi connectivity index (χ1n) is 9.31. The van der Waals surface area contributed by atoms with Gasteiger partial charge in [0.05, 0.1) is 18.1 Å². The van der Waals surface area contributed by atoms with Gasteiger partial charge in [0.15, 0.2) is 11.5 Å². The minimum Gasteiger partial charge on any atom is -0.493 e. The highest BCUT2D eigenvalue weighted by atomic mass is 32.2. The molecule has 0 saturated carbocycles. The molecule has 0 bridgehead atoms. The molecule has 5 rings (SSSR count). The molecule has 1 atom stereocenters. The molecule has 3 aromatic rings. The van der Waals surface area contributed by atoms with Gasteiger partial charge >= 0.3 is 0 Å². The van der Waals surface area contributed by atoms with E-state index in [0.29, 0.717) is 17.1 Å². The second-order valence-electron chi connectivity index (χ2n) is 7.06. The van der Waals surface area contributed by atoms with Crippen molar-refractivity contribution in [3.63, 3.8) is 0 Å². The summed E-state index contributed by atoms with van der Waals surface area (Å²) in [6.07, 6.45) is 1.99. The fourth-order valence-electron chi connectivity index (χ4n) is 3.63. The highest BCUT2D eigenvalue weighted by molar-refractivity contribution is 8.21. The molecular formula is C23H17NO4S2. The van der Waals surface area contributed by atoms with Crippen molar-refractivity contribution in [1.29, 1.82) is 0 Å². The molecule has 150 valence electrons. The normalized spacial score (nSPS) is 18.9. The lowest BCUT2D eigenvalue weighted by Gasteiger charge is -2.35. The van der Waals surface area contributed by atoms with Crippen LogP contribution in [-0.4, -0.2) is 16.3 Å². The molecule has 1 unspecified atom stereocenters. The summed E-state index contributed by atoms with van der Waals surface area (Å²) in [5.41, 5.74) is 3.77. The van der Waals surface area contributed by atoms with Crippen molar-refractivity contribution in [3.05, 3.63) is 87.5 Å². The molecule has 0 aliphatic carbocycles. The van der Waals surface area contributed by atoms with Crippen LogP contribution in [0.4, 0.5) is 5.69 Å². The average Bonchev–Trinajstić information content (AvgIpc) is 3.10. The van der Waals surface area contributed by atoms with Crippen molar-refractivity contribution < 1.29 is 14.4 Å². The lowest BCUT2D eigenvalue weighted by Crippen LogP contribution is -2.30. The minimum absolute atomic E-state index is 0.0283. The van der Waals surface area contributed by atoms with Crippen molar-refractivity contribution in [2.24, 2.45) is 0 Å². The Hall–Kier alpha value is -2.90. The number of methoxy groups -OCH3 is 1. The first-order valence-corrected chi connectivity index (χ1v) is 10.9. The molecule has 2 aliphatic rings. The number of benzene rings is 3. The Kier molecular flexibility index (Phi) is 4.52. The van der Waals surface area contributed by atoms with Gasteiger partial charge in [-0.15, -0.1) is 0 Å². The van der Waals surface area contributed by atoms with Gasteiger partial charge in [0.2, 0.25) is 4.27 Å². The van der Waals surface area contributed by atoms with E-state index in [1.165, 1.54) is 24.8 Å².